The van der Waals surface area contributed by atoms with Gasteiger partial charge in [0.1, 0.15) is 5.82 Å². The molecule has 0 spiro atoms. The standard InChI is InChI=1S/C30H30N4O2/c1-5-9-25-31-27-17(2)10-8-13-24(27)34(25)28-18(3)16-23-21(19(28)4)15-14-20-11-6-7-12-22(20)26(23)29-32-30(35)36-33-29/h6-8,10-13,16,26H,5,9,14-15H2,1-4H3,(H,32,33,35). The van der Waals surface area contributed by atoms with E-state index in [2.05, 4.69) is 90.9 Å². The average molecular weight is 479 g/mol. The Kier molecular flexibility index (Phi) is 5.40. The van der Waals surface area contributed by atoms with Gasteiger partial charge in [-0.3, -0.25) is 14.1 Å². The van der Waals surface area contributed by atoms with Crippen molar-refractivity contribution < 1.29 is 4.52 Å². The highest BCUT2D eigenvalue weighted by molar-refractivity contribution is 5.82. The second-order valence-electron chi connectivity index (χ2n) is 9.90. The van der Waals surface area contributed by atoms with Crippen LogP contribution in [0.15, 0.2) is 57.8 Å². The van der Waals surface area contributed by atoms with Gasteiger partial charge < -0.3 is 0 Å². The number of imidazole rings is 1. The number of rotatable bonds is 4. The molecule has 3 aromatic carbocycles. The molecule has 0 saturated heterocycles. The zero-order valence-electron chi connectivity index (χ0n) is 21.2. The smallest absolute Gasteiger partial charge is 0.296 e. The number of H-pyrrole nitrogens is 1. The average Bonchev–Trinajstić information content (AvgIpc) is 3.40. The highest BCUT2D eigenvalue weighted by Gasteiger charge is 2.31. The highest BCUT2D eigenvalue weighted by atomic mass is 16.5. The number of fused-ring (bicyclic) bond motifs is 3. The van der Waals surface area contributed by atoms with E-state index in [1.54, 1.807) is 0 Å². The maximum absolute atomic E-state index is 11.9. The first-order valence-corrected chi connectivity index (χ1v) is 12.7. The third-order valence-electron chi connectivity index (χ3n) is 7.61. The molecule has 0 fully saturated rings. The molecule has 0 bridgehead atoms. The monoisotopic (exact) mass is 478 g/mol. The first-order valence-electron chi connectivity index (χ1n) is 12.7. The van der Waals surface area contributed by atoms with Crippen molar-refractivity contribution in [1.29, 1.82) is 0 Å². The van der Waals surface area contributed by atoms with Crippen LogP contribution in [-0.4, -0.2) is 19.7 Å². The Balaban J connectivity index is 1.64. The summed E-state index contributed by atoms with van der Waals surface area (Å²) in [5.41, 5.74) is 12.0. The van der Waals surface area contributed by atoms with Crippen LogP contribution in [-0.2, 0) is 19.3 Å². The van der Waals surface area contributed by atoms with Crippen LogP contribution < -0.4 is 5.76 Å². The number of aryl methyl sites for hydroxylation is 4. The lowest BCUT2D eigenvalue weighted by Gasteiger charge is -2.23. The number of nitrogens with one attached hydrogen (secondary N) is 1. The number of aromatic amines is 1. The summed E-state index contributed by atoms with van der Waals surface area (Å²) in [5, 5.41) is 4.14. The summed E-state index contributed by atoms with van der Waals surface area (Å²) in [6.45, 7) is 8.75. The summed E-state index contributed by atoms with van der Waals surface area (Å²) >= 11 is 0. The largest absolute Gasteiger partial charge is 0.438 e. The zero-order valence-corrected chi connectivity index (χ0v) is 21.2. The van der Waals surface area contributed by atoms with E-state index < -0.39 is 5.76 Å². The molecular weight excluding hydrogens is 448 g/mol. The van der Waals surface area contributed by atoms with Crippen LogP contribution in [0.25, 0.3) is 16.7 Å². The first-order chi connectivity index (χ1) is 17.5. The van der Waals surface area contributed by atoms with Gasteiger partial charge in [0, 0.05) is 6.42 Å². The molecule has 2 heterocycles. The molecular formula is C30H30N4O2. The lowest BCUT2D eigenvalue weighted by atomic mass is 9.84. The summed E-state index contributed by atoms with van der Waals surface area (Å²) in [5.74, 6) is 0.941. The van der Waals surface area contributed by atoms with Crippen LogP contribution in [0, 0.1) is 20.8 Å². The van der Waals surface area contributed by atoms with Crippen molar-refractivity contribution in [2.45, 2.75) is 59.3 Å². The molecule has 0 saturated carbocycles. The predicted molar refractivity (Wildman–Crippen MR) is 141 cm³/mol. The van der Waals surface area contributed by atoms with E-state index in [0.29, 0.717) is 5.82 Å². The number of hydrogen-bond acceptors (Lipinski definition) is 4. The van der Waals surface area contributed by atoms with Crippen LogP contribution >= 0.6 is 0 Å². The summed E-state index contributed by atoms with van der Waals surface area (Å²) in [7, 11) is 0. The molecule has 1 N–H and O–H groups in total. The number of nitrogens with zero attached hydrogens (tertiary/aromatic N) is 3. The number of hydrogen-bond donors (Lipinski definition) is 1. The third-order valence-corrected chi connectivity index (χ3v) is 7.61. The van der Waals surface area contributed by atoms with Gasteiger partial charge in [-0.1, -0.05) is 54.5 Å². The second-order valence-corrected chi connectivity index (χ2v) is 9.90. The summed E-state index contributed by atoms with van der Waals surface area (Å²) in [6.07, 6.45) is 3.79. The van der Waals surface area contributed by atoms with Gasteiger partial charge in [-0.2, -0.15) is 0 Å². The maximum atomic E-state index is 11.9. The van der Waals surface area contributed by atoms with Crippen molar-refractivity contribution >= 4 is 11.0 Å². The lowest BCUT2D eigenvalue weighted by molar-refractivity contribution is 0.380. The minimum atomic E-state index is -0.525. The first kappa shape index (κ1) is 22.5. The normalized spacial score (nSPS) is 15.1. The summed E-state index contributed by atoms with van der Waals surface area (Å²) in [6, 6.07) is 17.2. The molecule has 5 aromatic rings. The quantitative estimate of drug-likeness (QED) is 0.351. The summed E-state index contributed by atoms with van der Waals surface area (Å²) < 4.78 is 7.34. The Hall–Kier alpha value is -3.93. The van der Waals surface area contributed by atoms with Crippen LogP contribution in [0.3, 0.4) is 0 Å². The molecule has 0 aliphatic heterocycles. The molecule has 1 atom stereocenters. The van der Waals surface area contributed by atoms with Crippen LogP contribution in [0.4, 0.5) is 0 Å². The van der Waals surface area contributed by atoms with Gasteiger partial charge in [-0.25, -0.2) is 9.78 Å². The Morgan fingerprint density at radius 1 is 1.03 bits per heavy atom. The lowest BCUT2D eigenvalue weighted by Crippen LogP contribution is -2.13. The van der Waals surface area contributed by atoms with Crippen molar-refractivity contribution in [3.8, 4) is 5.69 Å². The van der Waals surface area contributed by atoms with Crippen LogP contribution in [0.2, 0.25) is 0 Å². The van der Waals surface area contributed by atoms with E-state index in [1.807, 2.05) is 0 Å². The molecule has 0 amide bonds. The SMILES string of the molecule is CCCc1nc2c(C)cccc2n1-c1c(C)cc2c(c1C)CCc1ccccc1C2c1noc(=O)[nH]1. The number of benzene rings is 3. The third kappa shape index (κ3) is 3.43. The predicted octanol–water partition coefficient (Wildman–Crippen LogP) is 5.86. The minimum absolute atomic E-state index is 0.187. The Morgan fingerprint density at radius 3 is 2.64 bits per heavy atom. The van der Waals surface area contributed by atoms with Crippen molar-refractivity contribution in [3.05, 3.63) is 110 Å². The molecule has 1 unspecified atom stereocenters. The molecule has 1 aliphatic rings. The van der Waals surface area contributed by atoms with Crippen molar-refractivity contribution in [1.82, 2.24) is 19.7 Å². The van der Waals surface area contributed by atoms with E-state index in [9.17, 15) is 4.79 Å². The van der Waals surface area contributed by atoms with Gasteiger partial charge in [-0.05, 0) is 85.0 Å². The van der Waals surface area contributed by atoms with E-state index in [4.69, 9.17) is 9.51 Å². The molecule has 6 nitrogen and oxygen atoms in total. The van der Waals surface area contributed by atoms with E-state index in [1.165, 1.54) is 44.6 Å². The fraction of sp³-hybridized carbons (Fsp3) is 0.300. The fourth-order valence-corrected chi connectivity index (χ4v) is 6.04. The molecule has 6 rings (SSSR count). The molecule has 2 aromatic heterocycles. The van der Waals surface area contributed by atoms with Gasteiger partial charge in [0.25, 0.3) is 0 Å². The van der Waals surface area contributed by atoms with Crippen molar-refractivity contribution in [2.24, 2.45) is 0 Å². The minimum Gasteiger partial charge on any atom is -0.296 e. The second kappa shape index (κ2) is 8.63. The Bertz CT molecular complexity index is 1670. The fourth-order valence-electron chi connectivity index (χ4n) is 6.04. The van der Waals surface area contributed by atoms with Gasteiger partial charge in [0.2, 0.25) is 0 Å². The van der Waals surface area contributed by atoms with Crippen LogP contribution in [0.5, 0.6) is 0 Å². The molecule has 182 valence electrons. The van der Waals surface area contributed by atoms with Crippen LogP contribution in [0.1, 0.15) is 69.9 Å². The van der Waals surface area contributed by atoms with Crippen molar-refractivity contribution in [3.63, 3.8) is 0 Å². The Labute approximate surface area is 210 Å². The van der Waals surface area contributed by atoms with E-state index >= 15 is 0 Å². The topological polar surface area (TPSA) is 76.7 Å². The van der Waals surface area contributed by atoms with E-state index in [-0.39, 0.29) is 5.92 Å². The molecule has 36 heavy (non-hydrogen) atoms. The highest BCUT2D eigenvalue weighted by Crippen LogP contribution is 2.41. The molecule has 1 aliphatic carbocycles. The number of aromatic nitrogens is 4. The summed E-state index contributed by atoms with van der Waals surface area (Å²) in [4.78, 5) is 19.9. The van der Waals surface area contributed by atoms with Crippen molar-refractivity contribution in [2.75, 3.05) is 0 Å². The number of para-hydroxylation sites is 1. The van der Waals surface area contributed by atoms with Gasteiger partial charge in [0.15, 0.2) is 5.82 Å². The zero-order chi connectivity index (χ0) is 25.0. The van der Waals surface area contributed by atoms with E-state index in [0.717, 1.165) is 42.5 Å². The molecule has 0 radical (unpaired) electrons. The Morgan fingerprint density at radius 2 is 1.86 bits per heavy atom. The molecule has 6 heteroatoms. The maximum Gasteiger partial charge on any atom is 0.438 e. The van der Waals surface area contributed by atoms with Gasteiger partial charge >= 0.3 is 5.76 Å². The van der Waals surface area contributed by atoms with Gasteiger partial charge in [0.05, 0.1) is 22.6 Å². The van der Waals surface area contributed by atoms with Gasteiger partial charge in [-0.15, -0.1) is 0 Å².